The smallest absolute Gasteiger partial charge is 0.257 e. The number of rotatable bonds is 6. The average Bonchev–Trinajstić information content (AvgIpc) is 3.40. The Morgan fingerprint density at radius 3 is 2.11 bits per heavy atom. The van der Waals surface area contributed by atoms with E-state index < -0.39 is 33.8 Å². The van der Waals surface area contributed by atoms with Crippen LogP contribution >= 0.6 is 58.0 Å². The van der Waals surface area contributed by atoms with E-state index in [2.05, 4.69) is 16.0 Å². The van der Waals surface area contributed by atoms with Crippen LogP contribution in [-0.2, 0) is 9.59 Å². The van der Waals surface area contributed by atoms with Crippen molar-refractivity contribution in [2.45, 2.75) is 17.2 Å². The minimum Gasteiger partial charge on any atom is -0.326 e. The Morgan fingerprint density at radius 2 is 1.46 bits per heavy atom. The highest BCUT2D eigenvalue weighted by Gasteiger charge is 2.67. The van der Waals surface area contributed by atoms with Crippen LogP contribution in [-0.4, -0.2) is 22.1 Å². The van der Waals surface area contributed by atoms with E-state index in [9.17, 15) is 18.8 Å². The monoisotopic (exact) mass is 601 g/mol. The van der Waals surface area contributed by atoms with Crippen molar-refractivity contribution in [1.82, 2.24) is 0 Å². The number of anilines is 3. The summed E-state index contributed by atoms with van der Waals surface area (Å²) in [5, 5.41) is 8.31. The third-order valence-electron chi connectivity index (χ3n) is 5.65. The molecule has 37 heavy (non-hydrogen) atoms. The van der Waals surface area contributed by atoms with Gasteiger partial charge in [-0.2, -0.15) is 0 Å². The molecule has 0 aromatic heterocycles. The molecule has 3 N–H and O–H groups in total. The molecule has 1 fully saturated rings. The molecule has 6 nitrogen and oxygen atoms in total. The Labute approximate surface area is 236 Å². The second-order valence-electron chi connectivity index (χ2n) is 8.32. The Bertz CT molecular complexity index is 1430. The first-order valence-electron chi connectivity index (χ1n) is 10.7. The lowest BCUT2D eigenvalue weighted by Gasteiger charge is -2.11. The molecule has 3 amide bonds. The standard InChI is InChI=1S/C25H17Cl5FN3O3/c1-11(35)32-14-4-7-20(19(31)10-14)34-23(36)15-9-13(3-6-16(15)26)33-24(37)22-21(25(22,29)30)12-2-5-17(27)18(28)8-12/h2-10,21-22H,1H3,(H,32,35)(H,33,37)(H,34,36). The molecular formula is C25H17Cl5FN3O3. The van der Waals surface area contributed by atoms with Crippen LogP contribution in [0.3, 0.4) is 0 Å². The van der Waals surface area contributed by atoms with Gasteiger partial charge in [-0.15, -0.1) is 23.2 Å². The molecule has 0 radical (unpaired) electrons. The van der Waals surface area contributed by atoms with Crippen LogP contribution < -0.4 is 16.0 Å². The van der Waals surface area contributed by atoms with Crippen LogP contribution in [0.4, 0.5) is 21.5 Å². The van der Waals surface area contributed by atoms with Gasteiger partial charge in [0.15, 0.2) is 0 Å². The fourth-order valence-electron chi connectivity index (χ4n) is 3.86. The SMILES string of the molecule is CC(=O)Nc1ccc(NC(=O)c2cc(NC(=O)C3C(c4ccc(Cl)c(Cl)c4)C3(Cl)Cl)ccc2Cl)c(F)c1. The number of carbonyl (C=O) groups excluding carboxylic acids is 3. The zero-order chi connectivity index (χ0) is 27.1. The summed E-state index contributed by atoms with van der Waals surface area (Å²) in [5.41, 5.74) is 1.01. The maximum atomic E-state index is 14.4. The molecule has 0 aliphatic heterocycles. The molecule has 1 aliphatic carbocycles. The van der Waals surface area contributed by atoms with Gasteiger partial charge in [-0.1, -0.05) is 40.9 Å². The van der Waals surface area contributed by atoms with E-state index in [1.165, 1.54) is 37.3 Å². The molecule has 0 spiro atoms. The highest BCUT2D eigenvalue weighted by molar-refractivity contribution is 6.53. The molecule has 12 heteroatoms. The van der Waals surface area contributed by atoms with Crippen LogP contribution in [0.25, 0.3) is 0 Å². The number of hydrogen-bond acceptors (Lipinski definition) is 3. The number of nitrogens with one attached hydrogen (secondary N) is 3. The lowest BCUT2D eigenvalue weighted by atomic mass is 10.1. The van der Waals surface area contributed by atoms with E-state index in [0.717, 1.165) is 6.07 Å². The van der Waals surface area contributed by atoms with Crippen molar-refractivity contribution >= 4 is 92.8 Å². The average molecular weight is 604 g/mol. The minimum atomic E-state index is -1.37. The van der Waals surface area contributed by atoms with Crippen molar-refractivity contribution in [3.63, 3.8) is 0 Å². The summed E-state index contributed by atoms with van der Waals surface area (Å²) >= 11 is 31.0. The molecule has 0 saturated heterocycles. The van der Waals surface area contributed by atoms with Crippen molar-refractivity contribution in [3.8, 4) is 0 Å². The van der Waals surface area contributed by atoms with Gasteiger partial charge in [-0.3, -0.25) is 14.4 Å². The van der Waals surface area contributed by atoms with Gasteiger partial charge in [-0.25, -0.2) is 4.39 Å². The summed E-state index contributed by atoms with van der Waals surface area (Å²) in [6.45, 7) is 1.29. The zero-order valence-corrected chi connectivity index (χ0v) is 22.6. The van der Waals surface area contributed by atoms with Crippen molar-refractivity contribution in [1.29, 1.82) is 0 Å². The van der Waals surface area contributed by atoms with Crippen LogP contribution in [0.15, 0.2) is 54.6 Å². The summed E-state index contributed by atoms with van der Waals surface area (Å²) in [5.74, 6) is -3.63. The van der Waals surface area contributed by atoms with Crippen LogP contribution in [0.2, 0.25) is 15.1 Å². The summed E-state index contributed by atoms with van der Waals surface area (Å²) in [7, 11) is 0. The number of benzene rings is 3. The molecule has 2 unspecified atom stereocenters. The second kappa shape index (κ2) is 10.7. The number of hydrogen-bond donors (Lipinski definition) is 3. The molecule has 192 valence electrons. The highest BCUT2D eigenvalue weighted by atomic mass is 35.5. The molecule has 4 rings (SSSR count). The van der Waals surface area contributed by atoms with Crippen molar-refractivity contribution in [2.75, 3.05) is 16.0 Å². The molecule has 0 heterocycles. The van der Waals surface area contributed by atoms with Crippen LogP contribution in [0, 0.1) is 11.7 Å². The maximum absolute atomic E-state index is 14.4. The number of amides is 3. The number of halogens is 6. The lowest BCUT2D eigenvalue weighted by Crippen LogP contribution is -2.18. The van der Waals surface area contributed by atoms with Gasteiger partial charge in [-0.05, 0) is 54.1 Å². The molecule has 3 aromatic carbocycles. The summed E-state index contributed by atoms with van der Waals surface area (Å²) in [6, 6.07) is 13.0. The quantitative estimate of drug-likeness (QED) is 0.255. The van der Waals surface area contributed by atoms with E-state index >= 15 is 0 Å². The summed E-state index contributed by atoms with van der Waals surface area (Å²) < 4.78 is 13.1. The van der Waals surface area contributed by atoms with Gasteiger partial charge in [0.2, 0.25) is 11.8 Å². The van der Waals surface area contributed by atoms with Crippen LogP contribution in [0.5, 0.6) is 0 Å². The molecule has 2 atom stereocenters. The fourth-order valence-corrected chi connectivity index (χ4v) is 5.20. The van der Waals surface area contributed by atoms with Crippen molar-refractivity contribution in [2.24, 2.45) is 5.92 Å². The predicted octanol–water partition coefficient (Wildman–Crippen LogP) is 7.52. The van der Waals surface area contributed by atoms with Gasteiger partial charge < -0.3 is 16.0 Å². The number of carbonyl (C=O) groups is 3. The molecule has 0 bridgehead atoms. The highest BCUT2D eigenvalue weighted by Crippen LogP contribution is 2.65. The van der Waals surface area contributed by atoms with Gasteiger partial charge in [0, 0.05) is 24.2 Å². The zero-order valence-electron chi connectivity index (χ0n) is 18.8. The van der Waals surface area contributed by atoms with Gasteiger partial charge >= 0.3 is 0 Å². The van der Waals surface area contributed by atoms with E-state index in [1.54, 1.807) is 18.2 Å². The minimum absolute atomic E-state index is 0.00959. The van der Waals surface area contributed by atoms with Crippen LogP contribution in [0.1, 0.15) is 28.8 Å². The first-order chi connectivity index (χ1) is 17.4. The van der Waals surface area contributed by atoms with Gasteiger partial charge in [0.25, 0.3) is 5.91 Å². The molecule has 3 aromatic rings. The summed E-state index contributed by atoms with van der Waals surface area (Å²) in [4.78, 5) is 37.0. The fraction of sp³-hybridized carbons (Fsp3) is 0.160. The number of alkyl halides is 2. The molecule has 1 saturated carbocycles. The first kappa shape index (κ1) is 27.5. The third-order valence-corrected chi connectivity index (χ3v) is 7.66. The third kappa shape index (κ3) is 5.97. The van der Waals surface area contributed by atoms with Gasteiger partial charge in [0.05, 0.1) is 32.2 Å². The van der Waals surface area contributed by atoms with Crippen molar-refractivity contribution < 1.29 is 18.8 Å². The van der Waals surface area contributed by atoms with E-state index in [0.29, 0.717) is 15.6 Å². The largest absolute Gasteiger partial charge is 0.326 e. The topological polar surface area (TPSA) is 87.3 Å². The van der Waals surface area contributed by atoms with E-state index in [1.807, 2.05) is 0 Å². The van der Waals surface area contributed by atoms with Crippen molar-refractivity contribution in [3.05, 3.63) is 86.6 Å². The van der Waals surface area contributed by atoms with E-state index in [-0.39, 0.29) is 33.6 Å². The molecular weight excluding hydrogens is 587 g/mol. The lowest BCUT2D eigenvalue weighted by molar-refractivity contribution is -0.117. The predicted molar refractivity (Wildman–Crippen MR) is 146 cm³/mol. The van der Waals surface area contributed by atoms with E-state index in [4.69, 9.17) is 58.0 Å². The summed E-state index contributed by atoms with van der Waals surface area (Å²) in [6.07, 6.45) is 0. The normalized spacial score (nSPS) is 17.6. The Kier molecular flexibility index (Phi) is 7.93. The second-order valence-corrected chi connectivity index (χ2v) is 11.0. The Balaban J connectivity index is 1.48. The van der Waals surface area contributed by atoms with Gasteiger partial charge in [0.1, 0.15) is 10.2 Å². The maximum Gasteiger partial charge on any atom is 0.257 e. The molecule has 1 aliphatic rings. The Hall–Kier alpha value is -2.55. The Morgan fingerprint density at radius 1 is 0.811 bits per heavy atom. The first-order valence-corrected chi connectivity index (χ1v) is 12.6.